The predicted molar refractivity (Wildman–Crippen MR) is 143 cm³/mol. The van der Waals surface area contributed by atoms with Crippen LogP contribution < -0.4 is 15.3 Å². The second-order valence-corrected chi connectivity index (χ2v) is 10.1. The van der Waals surface area contributed by atoms with Crippen molar-refractivity contribution < 1.29 is 19.1 Å². The molecule has 0 aliphatic carbocycles. The summed E-state index contributed by atoms with van der Waals surface area (Å²) < 4.78 is 21.4. The smallest absolute Gasteiger partial charge is 0.277 e. The van der Waals surface area contributed by atoms with Gasteiger partial charge in [0.05, 0.1) is 41.1 Å². The molecule has 1 unspecified atom stereocenters. The highest BCUT2D eigenvalue weighted by Crippen LogP contribution is 2.36. The molecule has 0 bridgehead atoms. The van der Waals surface area contributed by atoms with Gasteiger partial charge in [0.25, 0.3) is 5.91 Å². The summed E-state index contributed by atoms with van der Waals surface area (Å²) in [5, 5.41) is 11.8. The number of hydrogen-bond acceptors (Lipinski definition) is 12. The summed E-state index contributed by atoms with van der Waals surface area (Å²) in [7, 11) is 1.81. The van der Waals surface area contributed by atoms with E-state index in [4.69, 9.17) is 19.9 Å². The van der Waals surface area contributed by atoms with Gasteiger partial charge in [0.1, 0.15) is 11.9 Å². The van der Waals surface area contributed by atoms with Gasteiger partial charge in [0, 0.05) is 37.4 Å². The number of halogens is 1. The summed E-state index contributed by atoms with van der Waals surface area (Å²) in [6.07, 6.45) is 2.65. The first-order valence-corrected chi connectivity index (χ1v) is 12.9. The number of morpholine rings is 1. The third-order valence-electron chi connectivity index (χ3n) is 6.32. The average Bonchev–Trinajstić information content (AvgIpc) is 3.38. The summed E-state index contributed by atoms with van der Waals surface area (Å²) in [4.78, 5) is 45.4. The van der Waals surface area contributed by atoms with Crippen LogP contribution in [0, 0.1) is 10.7 Å². The quantitative estimate of drug-likeness (QED) is 0.188. The Bertz CT molecular complexity index is 1510. The first-order chi connectivity index (χ1) is 18.9. The van der Waals surface area contributed by atoms with E-state index < -0.39 is 17.8 Å². The van der Waals surface area contributed by atoms with E-state index in [1.165, 1.54) is 35.9 Å². The van der Waals surface area contributed by atoms with E-state index in [1.54, 1.807) is 18.5 Å². The van der Waals surface area contributed by atoms with E-state index in [9.17, 15) is 14.1 Å². The number of nitroso groups, excluding NO2 is 1. The molecule has 4 aromatic rings. The molecule has 1 aromatic carbocycles. The lowest BCUT2D eigenvalue weighted by Crippen LogP contribution is -2.36. The van der Waals surface area contributed by atoms with Crippen LogP contribution in [-0.2, 0) is 11.3 Å². The Labute approximate surface area is 226 Å². The standard InChI is InChI=1S/C25H25FN8O4S/c1-14(31-36)15-3-4-19(26)18(9-15)22-29-20-10-17(39-21(20)23(30-22)34-5-7-38-8-6-34)13-33(2)25-27-11-16(12-28-25)24(35)32-37/h3-4,9-12,14,37H,5-8,13H2,1-2H3,(H,32,35). The second kappa shape index (κ2) is 11.3. The number of ether oxygens (including phenoxy) is 1. The van der Waals surface area contributed by atoms with Gasteiger partial charge < -0.3 is 14.5 Å². The third-order valence-corrected chi connectivity index (χ3v) is 7.43. The molecule has 202 valence electrons. The van der Waals surface area contributed by atoms with Crippen LogP contribution in [0.3, 0.4) is 0 Å². The van der Waals surface area contributed by atoms with Crippen molar-refractivity contribution in [3.63, 3.8) is 0 Å². The number of rotatable bonds is 8. The van der Waals surface area contributed by atoms with Crippen LogP contribution in [-0.4, -0.2) is 64.4 Å². The maximum atomic E-state index is 15.0. The number of hydroxylamine groups is 1. The van der Waals surface area contributed by atoms with Crippen LogP contribution in [0.5, 0.6) is 0 Å². The molecular weight excluding hydrogens is 527 g/mol. The normalized spacial score (nSPS) is 14.3. The third kappa shape index (κ3) is 5.53. The van der Waals surface area contributed by atoms with Crippen molar-refractivity contribution in [2.45, 2.75) is 19.5 Å². The van der Waals surface area contributed by atoms with Crippen molar-refractivity contribution in [2.24, 2.45) is 5.18 Å². The first kappa shape index (κ1) is 26.5. The number of benzene rings is 1. The molecule has 5 rings (SSSR count). The molecular formula is C25H25FN8O4S. The molecule has 1 saturated heterocycles. The number of amides is 1. The van der Waals surface area contributed by atoms with Gasteiger partial charge in [0.2, 0.25) is 5.95 Å². The van der Waals surface area contributed by atoms with Crippen LogP contribution in [0.4, 0.5) is 16.2 Å². The number of aromatic nitrogens is 4. The Balaban J connectivity index is 1.52. The number of fused-ring (bicyclic) bond motifs is 1. The minimum Gasteiger partial charge on any atom is -0.378 e. The fraction of sp³-hybridized carbons (Fsp3) is 0.320. The van der Waals surface area contributed by atoms with E-state index in [1.807, 2.05) is 18.0 Å². The van der Waals surface area contributed by atoms with Crippen molar-refractivity contribution in [3.05, 3.63) is 63.4 Å². The molecule has 1 fully saturated rings. The van der Waals surface area contributed by atoms with Gasteiger partial charge in [-0.1, -0.05) is 11.2 Å². The van der Waals surface area contributed by atoms with E-state index in [0.717, 1.165) is 9.58 Å². The Hall–Kier alpha value is -4.14. The summed E-state index contributed by atoms with van der Waals surface area (Å²) in [5.41, 5.74) is 3.12. The van der Waals surface area contributed by atoms with Crippen molar-refractivity contribution in [2.75, 3.05) is 43.2 Å². The summed E-state index contributed by atoms with van der Waals surface area (Å²) in [5.74, 6) is 0.116. The molecule has 1 aliphatic heterocycles. The van der Waals surface area contributed by atoms with E-state index in [2.05, 4.69) is 20.0 Å². The Morgan fingerprint density at radius 3 is 2.69 bits per heavy atom. The monoisotopic (exact) mass is 552 g/mol. The number of hydrogen-bond donors (Lipinski definition) is 2. The van der Waals surface area contributed by atoms with Gasteiger partial charge in [-0.3, -0.25) is 10.0 Å². The zero-order valence-corrected chi connectivity index (χ0v) is 22.0. The van der Waals surface area contributed by atoms with Crippen molar-refractivity contribution in [1.29, 1.82) is 0 Å². The number of nitrogens with zero attached hydrogens (tertiary/aromatic N) is 7. The molecule has 39 heavy (non-hydrogen) atoms. The van der Waals surface area contributed by atoms with Crippen LogP contribution in [0.2, 0.25) is 0 Å². The SMILES string of the molecule is CC(N=O)c1ccc(F)c(-c2nc(N3CCOCC3)c3sc(CN(C)c4ncc(C(=O)NO)cn4)cc3n2)c1. The highest BCUT2D eigenvalue weighted by Gasteiger charge is 2.22. The van der Waals surface area contributed by atoms with Crippen LogP contribution in [0.25, 0.3) is 21.6 Å². The Morgan fingerprint density at radius 1 is 1.26 bits per heavy atom. The maximum absolute atomic E-state index is 15.0. The fourth-order valence-corrected chi connectivity index (χ4v) is 5.36. The topological polar surface area (TPSA) is 146 Å². The van der Waals surface area contributed by atoms with E-state index in [-0.39, 0.29) is 17.0 Å². The van der Waals surface area contributed by atoms with Crippen molar-refractivity contribution in [1.82, 2.24) is 25.4 Å². The summed E-state index contributed by atoms with van der Waals surface area (Å²) in [6.45, 7) is 4.46. The summed E-state index contributed by atoms with van der Waals surface area (Å²) >= 11 is 1.52. The van der Waals surface area contributed by atoms with Gasteiger partial charge >= 0.3 is 0 Å². The molecule has 1 amide bonds. The van der Waals surface area contributed by atoms with Crippen LogP contribution >= 0.6 is 11.3 Å². The first-order valence-electron chi connectivity index (χ1n) is 12.1. The lowest BCUT2D eigenvalue weighted by atomic mass is 10.0. The zero-order valence-electron chi connectivity index (χ0n) is 21.2. The largest absolute Gasteiger partial charge is 0.378 e. The molecule has 1 aliphatic rings. The molecule has 0 radical (unpaired) electrons. The van der Waals surface area contributed by atoms with Crippen molar-refractivity contribution >= 4 is 39.2 Å². The highest BCUT2D eigenvalue weighted by molar-refractivity contribution is 7.19. The molecule has 0 saturated carbocycles. The van der Waals surface area contributed by atoms with Gasteiger partial charge in [-0.25, -0.2) is 29.8 Å². The van der Waals surface area contributed by atoms with Crippen molar-refractivity contribution in [3.8, 4) is 11.4 Å². The fourth-order valence-electron chi connectivity index (χ4n) is 4.19. The Kier molecular flexibility index (Phi) is 7.67. The highest BCUT2D eigenvalue weighted by atomic mass is 32.1. The summed E-state index contributed by atoms with van der Waals surface area (Å²) in [6, 6.07) is 5.71. The zero-order chi connectivity index (χ0) is 27.5. The minimum atomic E-state index is -0.697. The van der Waals surface area contributed by atoms with Gasteiger partial charge in [0.15, 0.2) is 11.6 Å². The van der Waals surface area contributed by atoms with Crippen LogP contribution in [0.1, 0.15) is 33.8 Å². The minimum absolute atomic E-state index is 0.129. The number of nitrogens with one attached hydrogen (secondary N) is 1. The van der Waals surface area contributed by atoms with Crippen LogP contribution in [0.15, 0.2) is 41.8 Å². The number of thiophene rings is 1. The Morgan fingerprint density at radius 2 is 2.00 bits per heavy atom. The lowest BCUT2D eigenvalue weighted by molar-refractivity contribution is 0.0705. The molecule has 2 N–H and O–H groups in total. The number of carbonyl (C=O) groups excluding carboxylic acids is 1. The molecule has 4 heterocycles. The number of carbonyl (C=O) groups is 1. The predicted octanol–water partition coefficient (Wildman–Crippen LogP) is 3.71. The lowest BCUT2D eigenvalue weighted by Gasteiger charge is -2.28. The van der Waals surface area contributed by atoms with Gasteiger partial charge in [-0.2, -0.15) is 4.91 Å². The molecule has 0 spiro atoms. The average molecular weight is 553 g/mol. The molecule has 12 nitrogen and oxygen atoms in total. The second-order valence-electron chi connectivity index (χ2n) is 8.99. The molecule has 1 atom stereocenters. The van der Waals surface area contributed by atoms with E-state index >= 15 is 0 Å². The van der Waals surface area contributed by atoms with E-state index in [0.29, 0.717) is 55.7 Å². The molecule has 3 aromatic heterocycles. The number of anilines is 2. The van der Waals surface area contributed by atoms with Gasteiger partial charge in [-0.05, 0) is 30.7 Å². The maximum Gasteiger partial charge on any atom is 0.277 e. The molecule has 14 heteroatoms. The van der Waals surface area contributed by atoms with Gasteiger partial charge in [-0.15, -0.1) is 11.3 Å².